The van der Waals surface area contributed by atoms with E-state index in [2.05, 4.69) is 16.6 Å². The van der Waals surface area contributed by atoms with Gasteiger partial charge in [0, 0.05) is 6.54 Å². The first-order valence-corrected chi connectivity index (χ1v) is 7.82. The minimum absolute atomic E-state index is 0.151. The van der Waals surface area contributed by atoms with Gasteiger partial charge in [0.05, 0.1) is 11.4 Å². The Morgan fingerprint density at radius 3 is 2.40 bits per heavy atom. The third kappa shape index (κ3) is 4.79. The molecule has 0 spiro atoms. The molecule has 1 aromatic rings. The average molecular weight is 296 g/mol. The molecule has 0 atom stereocenters. The Kier molecular flexibility index (Phi) is 5.91. The Balaban J connectivity index is 2.69. The number of carbonyl (C=O) groups excluding carboxylic acids is 1. The third-order valence-electron chi connectivity index (χ3n) is 2.72. The van der Waals surface area contributed by atoms with Crippen LogP contribution < -0.4 is 10.0 Å². The van der Waals surface area contributed by atoms with Crippen LogP contribution in [-0.4, -0.2) is 27.4 Å². The second-order valence-corrected chi connectivity index (χ2v) is 6.41. The second kappa shape index (κ2) is 7.21. The van der Waals surface area contributed by atoms with Crippen LogP contribution in [0.4, 0.5) is 0 Å². The summed E-state index contributed by atoms with van der Waals surface area (Å²) in [6.07, 6.45) is 1.52. The molecule has 2 N–H and O–H groups in total. The largest absolute Gasteiger partial charge is 0.352 e. The lowest BCUT2D eigenvalue weighted by molar-refractivity contribution is -0.119. The van der Waals surface area contributed by atoms with Gasteiger partial charge in [-0.1, -0.05) is 32.1 Å². The maximum atomic E-state index is 12.0. The normalized spacial score (nSPS) is 11.3. The summed E-state index contributed by atoms with van der Waals surface area (Å²) in [5, 5.41) is 2.50. The van der Waals surface area contributed by atoms with Crippen LogP contribution in [0.2, 0.25) is 0 Å². The molecule has 0 unspecified atom stereocenters. The lowest BCUT2D eigenvalue weighted by Crippen LogP contribution is -2.36. The van der Waals surface area contributed by atoms with Crippen molar-refractivity contribution in [3.8, 4) is 0 Å². The van der Waals surface area contributed by atoms with Crippen LogP contribution in [0.1, 0.15) is 25.3 Å². The molecule has 0 aliphatic rings. The number of nitrogens with one attached hydrogen (secondary N) is 2. The Morgan fingerprint density at radius 2 is 1.90 bits per heavy atom. The molecule has 0 aliphatic heterocycles. The predicted octanol–water partition coefficient (Wildman–Crippen LogP) is 1.39. The van der Waals surface area contributed by atoms with E-state index in [9.17, 15) is 13.2 Å². The van der Waals surface area contributed by atoms with Crippen molar-refractivity contribution in [3.05, 3.63) is 42.5 Å². The van der Waals surface area contributed by atoms with Crippen molar-refractivity contribution in [2.75, 3.05) is 13.1 Å². The summed E-state index contributed by atoms with van der Waals surface area (Å²) in [7, 11) is -3.66. The third-order valence-corrected chi connectivity index (χ3v) is 4.14. The fourth-order valence-corrected chi connectivity index (χ4v) is 2.51. The van der Waals surface area contributed by atoms with E-state index >= 15 is 0 Å². The zero-order valence-electron chi connectivity index (χ0n) is 11.7. The van der Waals surface area contributed by atoms with Gasteiger partial charge in [-0.25, -0.2) is 13.1 Å². The molecule has 0 aliphatic carbocycles. The fraction of sp³-hybridized carbons (Fsp3) is 0.357. The maximum absolute atomic E-state index is 12.0. The molecule has 5 nitrogen and oxygen atoms in total. The Labute approximate surface area is 120 Å². The van der Waals surface area contributed by atoms with Crippen molar-refractivity contribution in [2.24, 2.45) is 0 Å². The molecule has 1 amide bonds. The molecule has 0 radical (unpaired) electrons. The van der Waals surface area contributed by atoms with E-state index < -0.39 is 15.9 Å². The highest BCUT2D eigenvalue weighted by Gasteiger charge is 2.15. The van der Waals surface area contributed by atoms with Gasteiger partial charge >= 0.3 is 0 Å². The van der Waals surface area contributed by atoms with Gasteiger partial charge in [0.15, 0.2) is 0 Å². The van der Waals surface area contributed by atoms with Crippen LogP contribution in [0.3, 0.4) is 0 Å². The van der Waals surface area contributed by atoms with Crippen molar-refractivity contribution < 1.29 is 13.2 Å². The van der Waals surface area contributed by atoms with E-state index in [4.69, 9.17) is 0 Å². The molecule has 0 aromatic heterocycles. The minimum Gasteiger partial charge on any atom is -0.352 e. The fourth-order valence-electron chi connectivity index (χ4n) is 1.52. The molecular formula is C14H20N2O3S. The molecular weight excluding hydrogens is 276 g/mol. The van der Waals surface area contributed by atoms with Gasteiger partial charge < -0.3 is 5.32 Å². The monoisotopic (exact) mass is 296 g/mol. The summed E-state index contributed by atoms with van der Waals surface area (Å²) in [4.78, 5) is 11.5. The predicted molar refractivity (Wildman–Crippen MR) is 78.9 cm³/mol. The van der Waals surface area contributed by atoms with Crippen LogP contribution >= 0.6 is 0 Å². The van der Waals surface area contributed by atoms with Crippen molar-refractivity contribution in [3.63, 3.8) is 0 Å². The van der Waals surface area contributed by atoms with Crippen LogP contribution in [-0.2, 0) is 14.8 Å². The Hall–Kier alpha value is -1.66. The van der Waals surface area contributed by atoms with Gasteiger partial charge in [0.1, 0.15) is 0 Å². The van der Waals surface area contributed by atoms with Gasteiger partial charge in [-0.05, 0) is 23.6 Å². The number of sulfonamides is 1. The molecule has 6 heteroatoms. The van der Waals surface area contributed by atoms with E-state index in [0.717, 1.165) is 5.56 Å². The summed E-state index contributed by atoms with van der Waals surface area (Å²) in [5.74, 6) is -0.0586. The smallest absolute Gasteiger partial charge is 0.241 e. The van der Waals surface area contributed by atoms with Crippen molar-refractivity contribution in [1.82, 2.24) is 10.0 Å². The quantitative estimate of drug-likeness (QED) is 0.747. The molecule has 0 saturated heterocycles. The van der Waals surface area contributed by atoms with E-state index in [1.165, 1.54) is 6.08 Å². The summed E-state index contributed by atoms with van der Waals surface area (Å²) >= 11 is 0. The SMILES string of the molecule is C=CCNC(=O)CNS(=O)(=O)c1ccc(C(C)C)cc1. The number of amides is 1. The number of rotatable bonds is 7. The van der Waals surface area contributed by atoms with E-state index in [1.807, 2.05) is 13.8 Å². The van der Waals surface area contributed by atoms with Crippen molar-refractivity contribution in [1.29, 1.82) is 0 Å². The lowest BCUT2D eigenvalue weighted by Gasteiger charge is -2.09. The second-order valence-electron chi connectivity index (χ2n) is 4.64. The first-order valence-electron chi connectivity index (χ1n) is 6.34. The summed E-state index contributed by atoms with van der Waals surface area (Å²) in [6.45, 7) is 7.54. The maximum Gasteiger partial charge on any atom is 0.241 e. The molecule has 0 bridgehead atoms. The van der Waals surface area contributed by atoms with E-state index in [1.54, 1.807) is 24.3 Å². The molecule has 1 aromatic carbocycles. The highest BCUT2D eigenvalue weighted by molar-refractivity contribution is 7.89. The first-order chi connectivity index (χ1) is 9.36. The van der Waals surface area contributed by atoms with Gasteiger partial charge in [-0.3, -0.25) is 4.79 Å². The minimum atomic E-state index is -3.66. The Morgan fingerprint density at radius 1 is 1.30 bits per heavy atom. The van der Waals surface area contributed by atoms with Gasteiger partial charge in [0.25, 0.3) is 0 Å². The molecule has 0 heterocycles. The van der Waals surface area contributed by atoms with Crippen LogP contribution in [0.25, 0.3) is 0 Å². The molecule has 0 fully saturated rings. The van der Waals surface area contributed by atoms with Gasteiger partial charge in [-0.15, -0.1) is 6.58 Å². The molecule has 20 heavy (non-hydrogen) atoms. The topological polar surface area (TPSA) is 75.3 Å². The molecule has 0 saturated carbocycles. The highest BCUT2D eigenvalue weighted by atomic mass is 32.2. The summed E-state index contributed by atoms with van der Waals surface area (Å²) in [6, 6.07) is 6.63. The summed E-state index contributed by atoms with van der Waals surface area (Å²) in [5.41, 5.74) is 1.06. The first kappa shape index (κ1) is 16.4. The van der Waals surface area contributed by atoms with Crippen molar-refractivity contribution >= 4 is 15.9 Å². The zero-order chi connectivity index (χ0) is 15.2. The zero-order valence-corrected chi connectivity index (χ0v) is 12.5. The number of hydrogen-bond donors (Lipinski definition) is 2. The Bertz CT molecular complexity index is 563. The van der Waals surface area contributed by atoms with E-state index in [0.29, 0.717) is 12.5 Å². The average Bonchev–Trinajstić information content (AvgIpc) is 2.43. The van der Waals surface area contributed by atoms with Crippen LogP contribution in [0, 0.1) is 0 Å². The number of hydrogen-bond acceptors (Lipinski definition) is 3. The van der Waals surface area contributed by atoms with E-state index in [-0.39, 0.29) is 11.4 Å². The van der Waals surface area contributed by atoms with Gasteiger partial charge in [-0.2, -0.15) is 0 Å². The standard InChI is InChI=1S/C14H20N2O3S/c1-4-9-15-14(17)10-16-20(18,19)13-7-5-12(6-8-13)11(2)3/h4-8,11,16H,1,9-10H2,2-3H3,(H,15,17). The van der Waals surface area contributed by atoms with Crippen LogP contribution in [0.15, 0.2) is 41.8 Å². The molecule has 110 valence electrons. The van der Waals surface area contributed by atoms with Crippen molar-refractivity contribution in [2.45, 2.75) is 24.7 Å². The molecule has 1 rings (SSSR count). The lowest BCUT2D eigenvalue weighted by atomic mass is 10.0. The highest BCUT2D eigenvalue weighted by Crippen LogP contribution is 2.16. The number of benzene rings is 1. The number of carbonyl (C=O) groups is 1. The van der Waals surface area contributed by atoms with Crippen LogP contribution in [0.5, 0.6) is 0 Å². The summed E-state index contributed by atoms with van der Waals surface area (Å²) < 4.78 is 26.2. The van der Waals surface area contributed by atoms with Gasteiger partial charge in [0.2, 0.25) is 15.9 Å².